The number of pyridine rings is 1. The summed E-state index contributed by atoms with van der Waals surface area (Å²) in [5.41, 5.74) is 4.42. The number of benzene rings is 3. The van der Waals surface area contributed by atoms with Gasteiger partial charge in [0.05, 0.1) is 23.1 Å². The van der Waals surface area contributed by atoms with Crippen molar-refractivity contribution in [3.8, 4) is 11.1 Å². The fraction of sp³-hybridized carbons (Fsp3) is 0.281. The molecule has 2 atom stereocenters. The number of halogens is 2. The number of morpholine rings is 1. The highest BCUT2D eigenvalue weighted by atomic mass is 35.5. The van der Waals surface area contributed by atoms with Gasteiger partial charge in [0, 0.05) is 37.0 Å². The molecule has 1 aliphatic carbocycles. The Bertz CT molecular complexity index is 1590. The second-order valence-corrected chi connectivity index (χ2v) is 11.7. The third-order valence-corrected chi connectivity index (χ3v) is 9.20. The first-order valence-electron chi connectivity index (χ1n) is 14.1. The van der Waals surface area contributed by atoms with Crippen molar-refractivity contribution in [2.75, 3.05) is 31.2 Å². The van der Waals surface area contributed by atoms with Gasteiger partial charge in [0.2, 0.25) is 0 Å². The van der Waals surface area contributed by atoms with Gasteiger partial charge in [0.15, 0.2) is 0 Å². The summed E-state index contributed by atoms with van der Waals surface area (Å²) in [5.74, 6) is 0.721. The number of nitro groups is 2. The SMILES string of the molecule is O=[N+]([O-])c1cc([C@H]2CC[C@H](c3ccc(Cl)c([N+](=O)[O-])c3)C2c2ccc(-c3ccc(N4CCOCC4)nc3)cc2)ccc1Cl. The highest BCUT2D eigenvalue weighted by Gasteiger charge is 2.40. The molecule has 4 aromatic rings. The summed E-state index contributed by atoms with van der Waals surface area (Å²) in [6.07, 6.45) is 3.37. The van der Waals surface area contributed by atoms with Crippen LogP contribution >= 0.6 is 23.2 Å². The van der Waals surface area contributed by atoms with Gasteiger partial charge in [-0.05, 0) is 77.1 Å². The zero-order valence-corrected chi connectivity index (χ0v) is 24.6. The number of nitro benzene ring substituents is 2. The molecule has 0 amide bonds. The normalized spacial score (nSPS) is 19.0. The van der Waals surface area contributed by atoms with Gasteiger partial charge in [-0.3, -0.25) is 20.2 Å². The lowest BCUT2D eigenvalue weighted by Gasteiger charge is -2.28. The van der Waals surface area contributed by atoms with E-state index in [0.717, 1.165) is 59.6 Å². The maximum absolute atomic E-state index is 11.7. The summed E-state index contributed by atoms with van der Waals surface area (Å²) in [6, 6.07) is 22.3. The number of aromatic nitrogens is 1. The fourth-order valence-corrected chi connectivity index (χ4v) is 6.82. The first-order chi connectivity index (χ1) is 20.8. The molecule has 6 rings (SSSR count). The van der Waals surface area contributed by atoms with Gasteiger partial charge >= 0.3 is 0 Å². The van der Waals surface area contributed by atoms with Gasteiger partial charge in [0.25, 0.3) is 11.4 Å². The Labute approximate surface area is 258 Å². The molecule has 0 N–H and O–H groups in total. The number of hydrogen-bond acceptors (Lipinski definition) is 7. The molecule has 2 heterocycles. The Morgan fingerprint density at radius 1 is 0.721 bits per heavy atom. The standard InChI is InChI=1S/C32H28Cl2N4O5/c33-27-10-5-22(17-29(27)37(39)40)25-8-9-26(23-6-11-28(34)30(18-23)38(41)42)32(25)21-3-1-20(2-4-21)24-7-12-31(35-19-24)36-13-15-43-16-14-36/h1-7,10-12,17-19,25-26,32H,8-9,13-16H2/t25-,26-/m1/s1. The zero-order valence-electron chi connectivity index (χ0n) is 23.1. The number of anilines is 1. The molecule has 2 fully saturated rings. The number of ether oxygens (including phenoxy) is 1. The van der Waals surface area contributed by atoms with Gasteiger partial charge in [-0.15, -0.1) is 0 Å². The monoisotopic (exact) mass is 618 g/mol. The van der Waals surface area contributed by atoms with Gasteiger partial charge < -0.3 is 9.64 Å². The quantitative estimate of drug-likeness (QED) is 0.152. The maximum Gasteiger partial charge on any atom is 0.288 e. The Hall–Kier alpha value is -4.05. The molecule has 0 bridgehead atoms. The zero-order chi connectivity index (χ0) is 30.1. The van der Waals surface area contributed by atoms with E-state index in [4.69, 9.17) is 27.9 Å². The van der Waals surface area contributed by atoms with E-state index < -0.39 is 9.85 Å². The van der Waals surface area contributed by atoms with Crippen molar-refractivity contribution in [1.82, 2.24) is 4.98 Å². The molecule has 9 nitrogen and oxygen atoms in total. The lowest BCUT2D eigenvalue weighted by atomic mass is 9.77. The third-order valence-electron chi connectivity index (χ3n) is 8.56. The lowest BCUT2D eigenvalue weighted by molar-refractivity contribution is -0.384. The van der Waals surface area contributed by atoms with E-state index >= 15 is 0 Å². The highest BCUT2D eigenvalue weighted by molar-refractivity contribution is 6.33. The van der Waals surface area contributed by atoms with Crippen LogP contribution in [0.25, 0.3) is 11.1 Å². The topological polar surface area (TPSA) is 112 Å². The van der Waals surface area contributed by atoms with Gasteiger partial charge in [-0.25, -0.2) is 4.98 Å². The van der Waals surface area contributed by atoms with Crippen molar-refractivity contribution in [2.45, 2.75) is 30.6 Å². The molecule has 1 aromatic heterocycles. The van der Waals surface area contributed by atoms with Crippen LogP contribution in [-0.2, 0) is 4.74 Å². The summed E-state index contributed by atoms with van der Waals surface area (Å²) in [5, 5.41) is 23.5. The molecular formula is C32H28Cl2N4O5. The van der Waals surface area contributed by atoms with Crippen molar-refractivity contribution in [3.63, 3.8) is 0 Å². The molecule has 0 radical (unpaired) electrons. The highest BCUT2D eigenvalue weighted by Crippen LogP contribution is 2.55. The summed E-state index contributed by atoms with van der Waals surface area (Å²) in [7, 11) is 0. The van der Waals surface area contributed by atoms with Crippen LogP contribution in [0, 0.1) is 20.2 Å². The van der Waals surface area contributed by atoms with Crippen molar-refractivity contribution in [2.24, 2.45) is 0 Å². The predicted molar refractivity (Wildman–Crippen MR) is 166 cm³/mol. The van der Waals surface area contributed by atoms with Gasteiger partial charge in [-0.2, -0.15) is 0 Å². The van der Waals surface area contributed by atoms with E-state index in [-0.39, 0.29) is 39.2 Å². The van der Waals surface area contributed by atoms with Crippen LogP contribution < -0.4 is 4.90 Å². The maximum atomic E-state index is 11.7. The average Bonchev–Trinajstić information content (AvgIpc) is 3.47. The largest absolute Gasteiger partial charge is 0.378 e. The smallest absolute Gasteiger partial charge is 0.288 e. The van der Waals surface area contributed by atoms with Crippen molar-refractivity contribution in [3.05, 3.63) is 126 Å². The third kappa shape index (κ3) is 5.93. The van der Waals surface area contributed by atoms with Crippen LogP contribution in [0.3, 0.4) is 0 Å². The molecule has 43 heavy (non-hydrogen) atoms. The van der Waals surface area contributed by atoms with E-state index in [2.05, 4.69) is 40.2 Å². The first-order valence-corrected chi connectivity index (χ1v) is 14.8. The van der Waals surface area contributed by atoms with E-state index in [1.54, 1.807) is 24.3 Å². The van der Waals surface area contributed by atoms with Crippen LogP contribution in [0.4, 0.5) is 17.2 Å². The Morgan fingerprint density at radius 2 is 1.23 bits per heavy atom. The van der Waals surface area contributed by atoms with E-state index in [0.29, 0.717) is 13.2 Å². The van der Waals surface area contributed by atoms with Crippen molar-refractivity contribution >= 4 is 40.4 Å². The minimum atomic E-state index is -0.469. The van der Waals surface area contributed by atoms with Crippen LogP contribution in [0.15, 0.2) is 79.0 Å². The summed E-state index contributed by atoms with van der Waals surface area (Å²) < 4.78 is 5.44. The van der Waals surface area contributed by atoms with Crippen LogP contribution in [0.5, 0.6) is 0 Å². The second kappa shape index (κ2) is 12.3. The minimum absolute atomic E-state index is 0.0592. The summed E-state index contributed by atoms with van der Waals surface area (Å²) in [4.78, 5) is 29.3. The van der Waals surface area contributed by atoms with E-state index in [1.165, 1.54) is 0 Å². The Morgan fingerprint density at radius 3 is 1.72 bits per heavy atom. The molecule has 1 saturated carbocycles. The molecule has 3 aromatic carbocycles. The summed E-state index contributed by atoms with van der Waals surface area (Å²) >= 11 is 12.3. The Kier molecular flexibility index (Phi) is 8.30. The van der Waals surface area contributed by atoms with Crippen LogP contribution in [0.1, 0.15) is 47.3 Å². The van der Waals surface area contributed by atoms with Crippen molar-refractivity contribution in [1.29, 1.82) is 0 Å². The summed E-state index contributed by atoms with van der Waals surface area (Å²) in [6.45, 7) is 3.03. The molecule has 1 aliphatic heterocycles. The number of hydrogen-bond donors (Lipinski definition) is 0. The molecule has 11 heteroatoms. The van der Waals surface area contributed by atoms with Crippen LogP contribution in [-0.4, -0.2) is 41.1 Å². The predicted octanol–water partition coefficient (Wildman–Crippen LogP) is 8.15. The number of nitrogens with zero attached hydrogens (tertiary/aromatic N) is 4. The van der Waals surface area contributed by atoms with Gasteiger partial charge in [0.1, 0.15) is 15.9 Å². The molecule has 1 saturated heterocycles. The van der Waals surface area contributed by atoms with Crippen LogP contribution in [0.2, 0.25) is 10.0 Å². The molecule has 2 aliphatic rings. The molecule has 220 valence electrons. The van der Waals surface area contributed by atoms with Gasteiger partial charge in [-0.1, -0.05) is 59.6 Å². The van der Waals surface area contributed by atoms with E-state index in [1.807, 2.05) is 24.4 Å². The molecular weight excluding hydrogens is 591 g/mol. The first kappa shape index (κ1) is 29.0. The fourth-order valence-electron chi connectivity index (χ4n) is 6.45. The second-order valence-electron chi connectivity index (χ2n) is 10.9. The Balaban J connectivity index is 1.35. The average molecular weight is 620 g/mol. The lowest BCUT2D eigenvalue weighted by Crippen LogP contribution is -2.36. The minimum Gasteiger partial charge on any atom is -0.378 e. The molecule has 0 unspecified atom stereocenters. The van der Waals surface area contributed by atoms with E-state index in [9.17, 15) is 20.2 Å². The molecule has 0 spiro atoms. The van der Waals surface area contributed by atoms with Crippen molar-refractivity contribution < 1.29 is 14.6 Å². The number of rotatable bonds is 7.